The molecule has 29 heavy (non-hydrogen) atoms. The summed E-state index contributed by atoms with van der Waals surface area (Å²) in [5.74, 6) is -0.271. The molecular weight excluding hydrogens is 366 g/mol. The molecule has 1 amide bonds. The lowest BCUT2D eigenvalue weighted by atomic mass is 10.1. The quantitative estimate of drug-likeness (QED) is 0.550. The highest BCUT2D eigenvalue weighted by Gasteiger charge is 2.12. The normalized spacial score (nSPS) is 11.0. The first kappa shape index (κ1) is 18.7. The molecule has 1 aromatic carbocycles. The summed E-state index contributed by atoms with van der Waals surface area (Å²) in [5, 5.41) is 16.0. The number of hydrogen-bond acceptors (Lipinski definition) is 4. The molecule has 148 valence electrons. The lowest BCUT2D eigenvalue weighted by Gasteiger charge is -2.05. The molecule has 0 fully saturated rings. The van der Waals surface area contributed by atoms with E-state index < -0.39 is 0 Å². The summed E-state index contributed by atoms with van der Waals surface area (Å²) in [6.45, 7) is 7.13. The van der Waals surface area contributed by atoms with Crippen LogP contribution in [0.4, 0.5) is 5.69 Å². The molecule has 0 spiro atoms. The number of amides is 1. The number of benzene rings is 1. The zero-order valence-corrected chi connectivity index (χ0v) is 16.7. The number of carbonyl (C=O) groups is 1. The molecular formula is C21H23N7O. The molecule has 4 rings (SSSR count). The molecule has 0 aliphatic rings. The van der Waals surface area contributed by atoms with Crippen LogP contribution in [0.3, 0.4) is 0 Å². The maximum atomic E-state index is 12.5. The van der Waals surface area contributed by atoms with Crippen LogP contribution in [-0.4, -0.2) is 35.2 Å². The van der Waals surface area contributed by atoms with Gasteiger partial charge in [0.15, 0.2) is 5.69 Å². The summed E-state index contributed by atoms with van der Waals surface area (Å²) in [5.41, 5.74) is 5.38. The molecule has 0 aliphatic carbocycles. The first-order valence-electron chi connectivity index (χ1n) is 9.41. The number of carbonyl (C=O) groups excluding carboxylic acids is 1. The van der Waals surface area contributed by atoms with E-state index in [1.807, 2.05) is 42.9 Å². The van der Waals surface area contributed by atoms with Gasteiger partial charge in [-0.2, -0.15) is 15.3 Å². The van der Waals surface area contributed by atoms with Crippen LogP contribution < -0.4 is 5.32 Å². The number of nitrogens with zero attached hydrogens (tertiary/aromatic N) is 6. The highest BCUT2D eigenvalue weighted by Crippen LogP contribution is 2.12. The standard InChI is InChI=1S/C21H23N7O/c1-15-6-4-5-7-18(15)12-27-13-19(11-22-27)23-21(29)20-8-9-26(25-20)14-28-17(3)10-16(2)24-28/h4-11,13H,12,14H2,1-3H3,(H,23,29). The van der Waals surface area contributed by atoms with E-state index in [2.05, 4.69) is 39.7 Å². The fraction of sp³-hybridized carbons (Fsp3) is 0.238. The molecule has 4 aromatic rings. The van der Waals surface area contributed by atoms with E-state index in [1.54, 1.807) is 27.8 Å². The van der Waals surface area contributed by atoms with Crippen molar-refractivity contribution in [1.29, 1.82) is 0 Å². The second kappa shape index (κ2) is 7.75. The monoisotopic (exact) mass is 389 g/mol. The number of rotatable bonds is 6. The lowest BCUT2D eigenvalue weighted by Crippen LogP contribution is -2.15. The predicted octanol–water partition coefficient (Wildman–Crippen LogP) is 3.01. The summed E-state index contributed by atoms with van der Waals surface area (Å²) in [7, 11) is 0. The molecule has 0 aliphatic heterocycles. The molecule has 0 unspecified atom stereocenters. The van der Waals surface area contributed by atoms with Crippen molar-refractivity contribution in [2.75, 3.05) is 5.32 Å². The summed E-state index contributed by atoms with van der Waals surface area (Å²) >= 11 is 0. The molecule has 0 bridgehead atoms. The van der Waals surface area contributed by atoms with Gasteiger partial charge in [-0.1, -0.05) is 24.3 Å². The molecule has 8 nitrogen and oxygen atoms in total. The maximum Gasteiger partial charge on any atom is 0.276 e. The van der Waals surface area contributed by atoms with E-state index in [0.717, 1.165) is 11.4 Å². The molecule has 8 heteroatoms. The fourth-order valence-corrected chi connectivity index (χ4v) is 3.19. The van der Waals surface area contributed by atoms with Crippen LogP contribution in [0.5, 0.6) is 0 Å². The van der Waals surface area contributed by atoms with Crippen molar-refractivity contribution in [1.82, 2.24) is 29.3 Å². The van der Waals surface area contributed by atoms with Gasteiger partial charge in [0, 0.05) is 18.1 Å². The summed E-state index contributed by atoms with van der Waals surface area (Å²) in [4.78, 5) is 12.5. The first-order valence-corrected chi connectivity index (χ1v) is 9.41. The van der Waals surface area contributed by atoms with Gasteiger partial charge in [0.2, 0.25) is 0 Å². The van der Waals surface area contributed by atoms with Gasteiger partial charge >= 0.3 is 0 Å². The minimum atomic E-state index is -0.271. The second-order valence-electron chi connectivity index (χ2n) is 7.12. The molecule has 0 radical (unpaired) electrons. The van der Waals surface area contributed by atoms with E-state index in [4.69, 9.17) is 0 Å². The summed E-state index contributed by atoms with van der Waals surface area (Å²) in [6, 6.07) is 11.9. The number of nitrogens with one attached hydrogen (secondary N) is 1. The Labute approximate surface area is 168 Å². The Hall–Kier alpha value is -3.68. The number of hydrogen-bond donors (Lipinski definition) is 1. The molecule has 3 heterocycles. The number of aryl methyl sites for hydroxylation is 3. The van der Waals surface area contributed by atoms with E-state index in [9.17, 15) is 4.79 Å². The maximum absolute atomic E-state index is 12.5. The van der Waals surface area contributed by atoms with Gasteiger partial charge in [-0.05, 0) is 44.0 Å². The smallest absolute Gasteiger partial charge is 0.276 e. The van der Waals surface area contributed by atoms with E-state index in [1.165, 1.54) is 11.1 Å². The zero-order chi connectivity index (χ0) is 20.4. The van der Waals surface area contributed by atoms with Crippen LogP contribution >= 0.6 is 0 Å². The van der Waals surface area contributed by atoms with Gasteiger partial charge in [-0.15, -0.1) is 0 Å². The Morgan fingerprint density at radius 1 is 1.07 bits per heavy atom. The van der Waals surface area contributed by atoms with Crippen molar-refractivity contribution >= 4 is 11.6 Å². The van der Waals surface area contributed by atoms with Crippen LogP contribution in [0.1, 0.15) is 33.0 Å². The average molecular weight is 389 g/mol. The second-order valence-corrected chi connectivity index (χ2v) is 7.12. The van der Waals surface area contributed by atoms with Crippen molar-refractivity contribution in [2.45, 2.75) is 34.0 Å². The fourth-order valence-electron chi connectivity index (χ4n) is 3.19. The van der Waals surface area contributed by atoms with Crippen LogP contribution in [0.25, 0.3) is 0 Å². The Bertz CT molecular complexity index is 1150. The van der Waals surface area contributed by atoms with Crippen LogP contribution in [0, 0.1) is 20.8 Å². The highest BCUT2D eigenvalue weighted by molar-refractivity contribution is 6.02. The van der Waals surface area contributed by atoms with Crippen molar-refractivity contribution in [3.63, 3.8) is 0 Å². The third-order valence-electron chi connectivity index (χ3n) is 4.74. The average Bonchev–Trinajstić information content (AvgIpc) is 3.39. The Balaban J connectivity index is 1.40. The van der Waals surface area contributed by atoms with Crippen LogP contribution in [0.15, 0.2) is 55.0 Å². The van der Waals surface area contributed by atoms with Gasteiger partial charge in [0.05, 0.1) is 24.1 Å². The Kier molecular flexibility index (Phi) is 4.99. The van der Waals surface area contributed by atoms with Crippen molar-refractivity contribution in [3.8, 4) is 0 Å². The highest BCUT2D eigenvalue weighted by atomic mass is 16.2. The van der Waals surface area contributed by atoms with Crippen molar-refractivity contribution in [2.24, 2.45) is 0 Å². The topological polar surface area (TPSA) is 82.6 Å². The molecule has 0 atom stereocenters. The summed E-state index contributed by atoms with van der Waals surface area (Å²) < 4.78 is 5.34. The van der Waals surface area contributed by atoms with E-state index >= 15 is 0 Å². The third-order valence-corrected chi connectivity index (χ3v) is 4.74. The van der Waals surface area contributed by atoms with Crippen molar-refractivity contribution in [3.05, 3.63) is 83.2 Å². The predicted molar refractivity (Wildman–Crippen MR) is 110 cm³/mol. The third kappa shape index (κ3) is 4.26. The Morgan fingerprint density at radius 2 is 1.90 bits per heavy atom. The van der Waals surface area contributed by atoms with E-state index in [-0.39, 0.29) is 5.91 Å². The molecule has 1 N–H and O–H groups in total. The molecule has 3 aromatic heterocycles. The lowest BCUT2D eigenvalue weighted by molar-refractivity contribution is 0.102. The SMILES string of the molecule is Cc1cc(C)n(Cn2ccc(C(=O)Nc3cnn(Cc4ccccc4C)c3)n2)n1. The van der Waals surface area contributed by atoms with Gasteiger partial charge in [0.25, 0.3) is 5.91 Å². The van der Waals surface area contributed by atoms with Gasteiger partial charge in [0.1, 0.15) is 6.67 Å². The minimum Gasteiger partial charge on any atom is -0.318 e. The molecule has 0 saturated heterocycles. The van der Waals surface area contributed by atoms with Gasteiger partial charge in [-0.25, -0.2) is 4.68 Å². The Morgan fingerprint density at radius 3 is 2.66 bits per heavy atom. The van der Waals surface area contributed by atoms with Crippen molar-refractivity contribution < 1.29 is 4.79 Å². The number of anilines is 1. The van der Waals surface area contributed by atoms with Crippen LogP contribution in [0.2, 0.25) is 0 Å². The minimum absolute atomic E-state index is 0.271. The van der Waals surface area contributed by atoms with Gasteiger partial charge in [-0.3, -0.25) is 14.2 Å². The largest absolute Gasteiger partial charge is 0.318 e. The first-order chi connectivity index (χ1) is 14.0. The zero-order valence-electron chi connectivity index (χ0n) is 16.7. The summed E-state index contributed by atoms with van der Waals surface area (Å²) in [6.07, 6.45) is 5.23. The van der Waals surface area contributed by atoms with Crippen LogP contribution in [-0.2, 0) is 13.2 Å². The molecule has 0 saturated carbocycles. The van der Waals surface area contributed by atoms with E-state index in [0.29, 0.717) is 24.6 Å². The van der Waals surface area contributed by atoms with Gasteiger partial charge < -0.3 is 5.32 Å². The number of aromatic nitrogens is 6.